The number of methoxy groups -OCH3 is 1. The maximum Gasteiger partial charge on any atom is 0.343 e. The van der Waals surface area contributed by atoms with Crippen LogP contribution in [0, 0.1) is 0 Å². The molecule has 0 unspecified atom stereocenters. The van der Waals surface area contributed by atoms with Crippen molar-refractivity contribution in [1.29, 1.82) is 0 Å². The first kappa shape index (κ1) is 27.1. The molecule has 0 spiro atoms. The number of fused-ring (bicyclic) bond motifs is 1. The molecule has 1 fully saturated rings. The molecule has 1 aliphatic rings. The molecule has 4 rings (SSSR count). The Balaban J connectivity index is 0.00000342. The molecule has 2 aromatic carbocycles. The highest BCUT2D eigenvalue weighted by molar-refractivity contribution is 6.30. The van der Waals surface area contributed by atoms with Crippen LogP contribution < -0.4 is 15.5 Å². The maximum absolute atomic E-state index is 13.1. The minimum Gasteiger partial charge on any atom is -0.465 e. The third kappa shape index (κ3) is 6.57. The lowest BCUT2D eigenvalue weighted by Crippen LogP contribution is -2.49. The molecule has 2 heterocycles. The Morgan fingerprint density at radius 1 is 1.11 bits per heavy atom. The minimum absolute atomic E-state index is 0. The number of anilines is 2. The van der Waals surface area contributed by atoms with Crippen molar-refractivity contribution in [2.45, 2.75) is 51.7 Å². The van der Waals surface area contributed by atoms with Crippen LogP contribution in [0.4, 0.5) is 11.5 Å². The van der Waals surface area contributed by atoms with E-state index in [-0.39, 0.29) is 23.9 Å². The molecule has 35 heavy (non-hydrogen) atoms. The number of aromatic nitrogens is 1. The average molecular weight is 518 g/mol. The molecular formula is C27H34Cl2N4O2. The molecule has 8 heteroatoms. The fourth-order valence-electron chi connectivity index (χ4n) is 4.59. The SMILES string of the molecule is COC(=O)c1c(NCc2ccc(Cl)cc2)nc2ccccc2c1N1CCC(NC(C)(C)C)CC1.Cl. The topological polar surface area (TPSA) is 66.5 Å². The Morgan fingerprint density at radius 2 is 1.77 bits per heavy atom. The molecule has 1 aliphatic heterocycles. The van der Waals surface area contributed by atoms with Gasteiger partial charge < -0.3 is 20.3 Å². The molecule has 0 aliphatic carbocycles. The van der Waals surface area contributed by atoms with Crippen LogP contribution in [-0.2, 0) is 11.3 Å². The van der Waals surface area contributed by atoms with Gasteiger partial charge in [0.15, 0.2) is 0 Å². The van der Waals surface area contributed by atoms with Crippen molar-refractivity contribution in [2.24, 2.45) is 0 Å². The van der Waals surface area contributed by atoms with Gasteiger partial charge in [0.05, 0.1) is 18.3 Å². The second-order valence-electron chi connectivity index (χ2n) is 9.83. The van der Waals surface area contributed by atoms with Gasteiger partial charge in [-0.15, -0.1) is 12.4 Å². The summed E-state index contributed by atoms with van der Waals surface area (Å²) in [5.74, 6) is 0.146. The normalized spacial score (nSPS) is 14.5. The number of carbonyl (C=O) groups is 1. The highest BCUT2D eigenvalue weighted by Gasteiger charge is 2.29. The molecule has 2 N–H and O–H groups in total. The van der Waals surface area contributed by atoms with Crippen molar-refractivity contribution in [1.82, 2.24) is 10.3 Å². The smallest absolute Gasteiger partial charge is 0.343 e. The highest BCUT2D eigenvalue weighted by atomic mass is 35.5. The summed E-state index contributed by atoms with van der Waals surface area (Å²) in [5, 5.41) is 8.75. The third-order valence-corrected chi connectivity index (χ3v) is 6.33. The Morgan fingerprint density at radius 3 is 2.40 bits per heavy atom. The van der Waals surface area contributed by atoms with Gasteiger partial charge in [0.1, 0.15) is 11.4 Å². The molecule has 6 nitrogen and oxygen atoms in total. The van der Waals surface area contributed by atoms with Crippen LogP contribution in [0.2, 0.25) is 5.02 Å². The largest absolute Gasteiger partial charge is 0.465 e. The van der Waals surface area contributed by atoms with Crippen LogP contribution in [0.5, 0.6) is 0 Å². The number of para-hydroxylation sites is 1. The van der Waals surface area contributed by atoms with E-state index in [0.717, 1.165) is 48.1 Å². The summed E-state index contributed by atoms with van der Waals surface area (Å²) >= 11 is 6.03. The van der Waals surface area contributed by atoms with Crippen LogP contribution in [0.1, 0.15) is 49.5 Å². The monoisotopic (exact) mass is 516 g/mol. The van der Waals surface area contributed by atoms with E-state index in [4.69, 9.17) is 21.3 Å². The maximum atomic E-state index is 13.1. The van der Waals surface area contributed by atoms with Gasteiger partial charge in [-0.1, -0.05) is 41.9 Å². The van der Waals surface area contributed by atoms with Crippen LogP contribution in [-0.4, -0.2) is 42.7 Å². The number of rotatable bonds is 6. The van der Waals surface area contributed by atoms with Gasteiger partial charge in [0.2, 0.25) is 0 Å². The molecule has 1 saturated heterocycles. The first-order chi connectivity index (χ1) is 16.2. The van der Waals surface area contributed by atoms with Crippen LogP contribution in [0.3, 0.4) is 0 Å². The summed E-state index contributed by atoms with van der Waals surface area (Å²) in [6.45, 7) is 8.81. The molecule has 0 saturated carbocycles. The second kappa shape index (κ2) is 11.5. The Hall–Kier alpha value is -2.54. The van der Waals surface area contributed by atoms with Gasteiger partial charge >= 0.3 is 5.97 Å². The van der Waals surface area contributed by atoms with Gasteiger partial charge in [0.25, 0.3) is 0 Å². The van der Waals surface area contributed by atoms with Gasteiger partial charge in [0, 0.05) is 41.6 Å². The number of nitrogens with one attached hydrogen (secondary N) is 2. The third-order valence-electron chi connectivity index (χ3n) is 6.08. The zero-order valence-electron chi connectivity index (χ0n) is 20.7. The summed E-state index contributed by atoms with van der Waals surface area (Å²) < 4.78 is 5.24. The Labute approximate surface area is 218 Å². The van der Waals surface area contributed by atoms with Crippen molar-refractivity contribution in [3.63, 3.8) is 0 Å². The van der Waals surface area contributed by atoms with Crippen molar-refractivity contribution in [3.05, 3.63) is 64.7 Å². The Bertz CT molecular complexity index is 1150. The standard InChI is InChI=1S/C27H33ClN4O2.ClH/c1-27(2,3)31-20-13-15-32(16-14-20)24-21-7-5-6-8-22(21)30-25(23(24)26(33)34-4)29-17-18-9-11-19(28)12-10-18;/h5-12,20,31H,13-17H2,1-4H3,(H,29,30);1H. The number of halogens is 2. The zero-order valence-corrected chi connectivity index (χ0v) is 22.3. The number of nitrogens with zero attached hydrogens (tertiary/aromatic N) is 2. The number of piperidine rings is 1. The lowest BCUT2D eigenvalue weighted by atomic mass is 9.98. The van der Waals surface area contributed by atoms with E-state index < -0.39 is 0 Å². The Kier molecular flexibility index (Phi) is 8.86. The van der Waals surface area contributed by atoms with Gasteiger partial charge in [-0.25, -0.2) is 9.78 Å². The van der Waals surface area contributed by atoms with E-state index in [1.54, 1.807) is 0 Å². The summed E-state index contributed by atoms with van der Waals surface area (Å²) in [5.41, 5.74) is 3.35. The van der Waals surface area contributed by atoms with E-state index in [1.165, 1.54) is 7.11 Å². The van der Waals surface area contributed by atoms with Crippen molar-refractivity contribution >= 4 is 52.4 Å². The molecule has 188 valence electrons. The first-order valence-corrected chi connectivity index (χ1v) is 12.1. The quantitative estimate of drug-likeness (QED) is 0.387. The van der Waals surface area contributed by atoms with E-state index in [0.29, 0.717) is 29.0 Å². The van der Waals surface area contributed by atoms with E-state index >= 15 is 0 Å². The van der Waals surface area contributed by atoms with Crippen molar-refractivity contribution < 1.29 is 9.53 Å². The highest BCUT2D eigenvalue weighted by Crippen LogP contribution is 2.36. The van der Waals surface area contributed by atoms with Gasteiger partial charge in [-0.2, -0.15) is 0 Å². The molecule has 0 amide bonds. The van der Waals surface area contributed by atoms with Gasteiger partial charge in [-0.3, -0.25) is 0 Å². The van der Waals surface area contributed by atoms with Crippen LogP contribution in [0.25, 0.3) is 10.9 Å². The van der Waals surface area contributed by atoms with Gasteiger partial charge in [-0.05, 0) is 57.4 Å². The number of hydrogen-bond acceptors (Lipinski definition) is 6. The number of benzene rings is 2. The zero-order chi connectivity index (χ0) is 24.3. The lowest BCUT2D eigenvalue weighted by molar-refractivity contribution is 0.0602. The number of hydrogen-bond donors (Lipinski definition) is 2. The summed E-state index contributed by atoms with van der Waals surface area (Å²) in [6.07, 6.45) is 2.00. The molecule has 3 aromatic rings. The summed E-state index contributed by atoms with van der Waals surface area (Å²) in [4.78, 5) is 20.2. The molecule has 0 bridgehead atoms. The number of pyridine rings is 1. The second-order valence-corrected chi connectivity index (χ2v) is 10.3. The van der Waals surface area contributed by atoms with E-state index in [2.05, 4.69) is 36.3 Å². The summed E-state index contributed by atoms with van der Waals surface area (Å²) in [6, 6.07) is 16.1. The fraction of sp³-hybridized carbons (Fsp3) is 0.407. The number of ether oxygens (including phenoxy) is 1. The van der Waals surface area contributed by atoms with E-state index in [1.807, 2.05) is 48.5 Å². The van der Waals surface area contributed by atoms with Crippen LogP contribution >= 0.6 is 24.0 Å². The molecule has 1 aromatic heterocycles. The number of esters is 1. The predicted octanol–water partition coefficient (Wildman–Crippen LogP) is 6.07. The summed E-state index contributed by atoms with van der Waals surface area (Å²) in [7, 11) is 1.42. The minimum atomic E-state index is -0.387. The fourth-order valence-corrected chi connectivity index (χ4v) is 4.72. The van der Waals surface area contributed by atoms with Crippen molar-refractivity contribution in [3.8, 4) is 0 Å². The predicted molar refractivity (Wildman–Crippen MR) is 147 cm³/mol. The first-order valence-electron chi connectivity index (χ1n) is 11.8. The molecule has 0 atom stereocenters. The average Bonchev–Trinajstić information content (AvgIpc) is 2.82. The van der Waals surface area contributed by atoms with E-state index in [9.17, 15) is 4.79 Å². The molecular weight excluding hydrogens is 483 g/mol. The van der Waals surface area contributed by atoms with Crippen LogP contribution in [0.15, 0.2) is 48.5 Å². The number of carbonyl (C=O) groups excluding carboxylic acids is 1. The lowest BCUT2D eigenvalue weighted by Gasteiger charge is -2.38. The molecule has 0 radical (unpaired) electrons. The van der Waals surface area contributed by atoms with Crippen molar-refractivity contribution in [2.75, 3.05) is 30.4 Å².